The van der Waals surface area contributed by atoms with Crippen molar-refractivity contribution in [2.45, 2.75) is 71.3 Å². The highest BCUT2D eigenvalue weighted by atomic mass is 15.0. The topological polar surface area (TPSA) is 37.8 Å². The van der Waals surface area contributed by atoms with Gasteiger partial charge in [0.05, 0.1) is 5.69 Å². The van der Waals surface area contributed by atoms with Crippen LogP contribution in [0.1, 0.15) is 74.6 Å². The molecule has 1 fully saturated rings. The van der Waals surface area contributed by atoms with Gasteiger partial charge in [-0.1, -0.05) is 20.3 Å². The van der Waals surface area contributed by atoms with Gasteiger partial charge in [0, 0.05) is 36.7 Å². The van der Waals surface area contributed by atoms with E-state index < -0.39 is 0 Å². The molecular formula is C17H27N3. The molecule has 2 aliphatic rings. The number of hydrogen-bond acceptors (Lipinski definition) is 3. The molecule has 1 aromatic heterocycles. The third-order valence-corrected chi connectivity index (χ3v) is 5.16. The second-order valence-corrected chi connectivity index (χ2v) is 6.36. The minimum absolute atomic E-state index is 0.614. The number of rotatable bonds is 3. The summed E-state index contributed by atoms with van der Waals surface area (Å²) in [6.07, 6.45) is 8.75. The van der Waals surface area contributed by atoms with Crippen molar-refractivity contribution >= 4 is 0 Å². The van der Waals surface area contributed by atoms with E-state index in [1.54, 1.807) is 0 Å². The molecule has 0 amide bonds. The molecule has 3 rings (SSSR count). The SMILES string of the molecule is CCc1nc(C2CCC(CC)CC2)nc2c1CNCC2. The van der Waals surface area contributed by atoms with E-state index in [1.165, 1.54) is 49.1 Å². The molecule has 3 nitrogen and oxygen atoms in total. The first-order valence-electron chi connectivity index (χ1n) is 8.41. The zero-order valence-electron chi connectivity index (χ0n) is 12.9. The van der Waals surface area contributed by atoms with Crippen LogP contribution >= 0.6 is 0 Å². The van der Waals surface area contributed by atoms with Crippen molar-refractivity contribution in [2.75, 3.05) is 6.54 Å². The molecule has 0 unspecified atom stereocenters. The highest BCUT2D eigenvalue weighted by Gasteiger charge is 2.25. The normalized spacial score (nSPS) is 26.3. The van der Waals surface area contributed by atoms with Crippen molar-refractivity contribution in [1.82, 2.24) is 15.3 Å². The molecule has 0 spiro atoms. The van der Waals surface area contributed by atoms with E-state index in [9.17, 15) is 0 Å². The fourth-order valence-electron chi connectivity index (χ4n) is 3.74. The van der Waals surface area contributed by atoms with Crippen molar-refractivity contribution < 1.29 is 0 Å². The summed E-state index contributed by atoms with van der Waals surface area (Å²) in [5.41, 5.74) is 3.99. The molecule has 0 bridgehead atoms. The number of aryl methyl sites for hydroxylation is 1. The third kappa shape index (κ3) is 2.73. The second kappa shape index (κ2) is 6.21. The van der Waals surface area contributed by atoms with Crippen LogP contribution < -0.4 is 5.32 Å². The van der Waals surface area contributed by atoms with Crippen LogP contribution in [0.15, 0.2) is 0 Å². The lowest BCUT2D eigenvalue weighted by molar-refractivity contribution is 0.311. The Morgan fingerprint density at radius 1 is 1.10 bits per heavy atom. The predicted molar refractivity (Wildman–Crippen MR) is 81.8 cm³/mol. The quantitative estimate of drug-likeness (QED) is 0.917. The average molecular weight is 273 g/mol. The van der Waals surface area contributed by atoms with Crippen LogP contribution in [0.25, 0.3) is 0 Å². The van der Waals surface area contributed by atoms with E-state index in [4.69, 9.17) is 9.97 Å². The lowest BCUT2D eigenvalue weighted by Gasteiger charge is -2.28. The summed E-state index contributed by atoms with van der Waals surface area (Å²) in [6.45, 7) is 6.56. The van der Waals surface area contributed by atoms with E-state index >= 15 is 0 Å². The van der Waals surface area contributed by atoms with Crippen LogP contribution in [0.5, 0.6) is 0 Å². The first-order chi connectivity index (χ1) is 9.81. The van der Waals surface area contributed by atoms with Gasteiger partial charge in [0.2, 0.25) is 0 Å². The van der Waals surface area contributed by atoms with Crippen molar-refractivity contribution in [2.24, 2.45) is 5.92 Å². The summed E-state index contributed by atoms with van der Waals surface area (Å²) in [5, 5.41) is 3.45. The van der Waals surface area contributed by atoms with E-state index in [0.29, 0.717) is 5.92 Å². The van der Waals surface area contributed by atoms with Crippen LogP contribution in [-0.2, 0) is 19.4 Å². The number of aromatic nitrogens is 2. The summed E-state index contributed by atoms with van der Waals surface area (Å²) in [4.78, 5) is 9.87. The Labute approximate surface area is 122 Å². The Morgan fingerprint density at radius 3 is 2.60 bits per heavy atom. The molecule has 1 aliphatic heterocycles. The standard InChI is InChI=1S/C17H27N3/c1-3-12-5-7-13(8-6-12)17-19-15(4-2)14-11-18-10-9-16(14)20-17/h12-13,18H,3-11H2,1-2H3. The fourth-order valence-corrected chi connectivity index (χ4v) is 3.74. The maximum Gasteiger partial charge on any atom is 0.131 e. The lowest BCUT2D eigenvalue weighted by atomic mass is 9.80. The molecule has 3 heteroatoms. The molecule has 1 saturated carbocycles. The Kier molecular flexibility index (Phi) is 4.35. The van der Waals surface area contributed by atoms with Gasteiger partial charge in [-0.3, -0.25) is 0 Å². The molecule has 0 atom stereocenters. The van der Waals surface area contributed by atoms with Gasteiger partial charge in [-0.15, -0.1) is 0 Å². The van der Waals surface area contributed by atoms with E-state index in [1.807, 2.05) is 0 Å². The molecule has 2 heterocycles. The van der Waals surface area contributed by atoms with Crippen molar-refractivity contribution in [3.63, 3.8) is 0 Å². The number of nitrogens with zero attached hydrogens (tertiary/aromatic N) is 2. The van der Waals surface area contributed by atoms with Crippen molar-refractivity contribution in [3.05, 3.63) is 22.8 Å². The van der Waals surface area contributed by atoms with Gasteiger partial charge >= 0.3 is 0 Å². The number of fused-ring (bicyclic) bond motifs is 1. The van der Waals surface area contributed by atoms with Gasteiger partial charge in [0.1, 0.15) is 5.82 Å². The van der Waals surface area contributed by atoms with Gasteiger partial charge in [-0.05, 0) is 38.0 Å². The van der Waals surface area contributed by atoms with Crippen molar-refractivity contribution in [1.29, 1.82) is 0 Å². The van der Waals surface area contributed by atoms with Crippen LogP contribution in [-0.4, -0.2) is 16.5 Å². The minimum Gasteiger partial charge on any atom is -0.312 e. The molecule has 110 valence electrons. The van der Waals surface area contributed by atoms with E-state index in [2.05, 4.69) is 19.2 Å². The number of hydrogen-bond donors (Lipinski definition) is 1. The first-order valence-corrected chi connectivity index (χ1v) is 8.41. The van der Waals surface area contributed by atoms with Crippen molar-refractivity contribution in [3.8, 4) is 0 Å². The molecule has 0 aromatic carbocycles. The van der Waals surface area contributed by atoms with Crippen LogP contribution in [0, 0.1) is 5.92 Å². The van der Waals surface area contributed by atoms with Gasteiger partial charge in [0.25, 0.3) is 0 Å². The Bertz CT molecular complexity index is 444. The molecule has 0 radical (unpaired) electrons. The lowest BCUT2D eigenvalue weighted by Crippen LogP contribution is -2.28. The summed E-state index contributed by atoms with van der Waals surface area (Å²) in [6, 6.07) is 0. The second-order valence-electron chi connectivity index (χ2n) is 6.36. The molecule has 1 N–H and O–H groups in total. The van der Waals surface area contributed by atoms with E-state index in [0.717, 1.165) is 37.7 Å². The molecule has 1 aliphatic carbocycles. The zero-order valence-corrected chi connectivity index (χ0v) is 12.9. The average Bonchev–Trinajstić information content (AvgIpc) is 2.54. The highest BCUT2D eigenvalue weighted by Crippen LogP contribution is 2.36. The van der Waals surface area contributed by atoms with Gasteiger partial charge < -0.3 is 5.32 Å². The molecule has 20 heavy (non-hydrogen) atoms. The smallest absolute Gasteiger partial charge is 0.131 e. The fraction of sp³-hybridized carbons (Fsp3) is 0.765. The van der Waals surface area contributed by atoms with Gasteiger partial charge in [-0.2, -0.15) is 0 Å². The largest absolute Gasteiger partial charge is 0.312 e. The maximum absolute atomic E-state index is 4.95. The Hall–Kier alpha value is -0.960. The molecular weight excluding hydrogens is 246 g/mol. The summed E-state index contributed by atoms with van der Waals surface area (Å²) in [5.74, 6) is 2.71. The van der Waals surface area contributed by atoms with Gasteiger partial charge in [-0.25, -0.2) is 9.97 Å². The minimum atomic E-state index is 0.614. The highest BCUT2D eigenvalue weighted by molar-refractivity contribution is 5.29. The Morgan fingerprint density at radius 2 is 1.90 bits per heavy atom. The number of nitrogens with one attached hydrogen (secondary N) is 1. The monoisotopic (exact) mass is 273 g/mol. The summed E-state index contributed by atoms with van der Waals surface area (Å²) >= 11 is 0. The van der Waals surface area contributed by atoms with Crippen LogP contribution in [0.2, 0.25) is 0 Å². The van der Waals surface area contributed by atoms with Crippen LogP contribution in [0.3, 0.4) is 0 Å². The summed E-state index contributed by atoms with van der Waals surface area (Å²) < 4.78 is 0. The maximum atomic E-state index is 4.95. The zero-order chi connectivity index (χ0) is 13.9. The molecule has 1 aromatic rings. The Balaban J connectivity index is 1.83. The predicted octanol–water partition coefficient (Wildman–Crippen LogP) is 3.37. The molecule has 0 saturated heterocycles. The van der Waals surface area contributed by atoms with Gasteiger partial charge in [0.15, 0.2) is 0 Å². The van der Waals surface area contributed by atoms with E-state index in [-0.39, 0.29) is 0 Å². The van der Waals surface area contributed by atoms with Crippen LogP contribution in [0.4, 0.5) is 0 Å². The third-order valence-electron chi connectivity index (χ3n) is 5.16. The summed E-state index contributed by atoms with van der Waals surface area (Å²) in [7, 11) is 0. The first kappa shape index (κ1) is 14.0.